The molecule has 0 spiro atoms. The molecule has 0 amide bonds. The molecule has 0 radical (unpaired) electrons. The molecular formula is C11H20O2. The van der Waals surface area contributed by atoms with Gasteiger partial charge in [0.2, 0.25) is 0 Å². The summed E-state index contributed by atoms with van der Waals surface area (Å²) in [5.41, 5.74) is -0.304. The van der Waals surface area contributed by atoms with Crippen molar-refractivity contribution in [2.24, 2.45) is 0 Å². The second kappa shape index (κ2) is 5.79. The van der Waals surface area contributed by atoms with Crippen molar-refractivity contribution in [3.8, 4) is 0 Å². The maximum atomic E-state index is 11.0. The van der Waals surface area contributed by atoms with Crippen molar-refractivity contribution < 1.29 is 9.53 Å². The van der Waals surface area contributed by atoms with Crippen LogP contribution in [0.25, 0.3) is 0 Å². The van der Waals surface area contributed by atoms with Crippen molar-refractivity contribution in [1.82, 2.24) is 0 Å². The van der Waals surface area contributed by atoms with Crippen LogP contribution < -0.4 is 0 Å². The molecule has 0 aromatic rings. The molecule has 0 rings (SSSR count). The first-order valence-corrected chi connectivity index (χ1v) is 4.93. The lowest BCUT2D eigenvalue weighted by atomic mass is 9.96. The third kappa shape index (κ3) is 4.71. The highest BCUT2D eigenvalue weighted by molar-refractivity contribution is 5.81. The van der Waals surface area contributed by atoms with Gasteiger partial charge in [-0.05, 0) is 26.2 Å². The number of rotatable bonds is 6. The maximum absolute atomic E-state index is 11.0. The number of hydrogen-bond acceptors (Lipinski definition) is 2. The minimum absolute atomic E-state index is 0.304. The predicted octanol–water partition coefficient (Wildman–Crippen LogP) is 3.07. The monoisotopic (exact) mass is 184 g/mol. The molecule has 0 aliphatic carbocycles. The van der Waals surface area contributed by atoms with Gasteiger partial charge in [0.05, 0.1) is 0 Å². The summed E-state index contributed by atoms with van der Waals surface area (Å²) in [7, 11) is 0. The van der Waals surface area contributed by atoms with Crippen LogP contribution in [0.4, 0.5) is 0 Å². The Labute approximate surface area is 81.0 Å². The Morgan fingerprint density at radius 1 is 1.54 bits per heavy atom. The summed E-state index contributed by atoms with van der Waals surface area (Å²) in [6.07, 6.45) is 5.22. The van der Waals surface area contributed by atoms with Gasteiger partial charge in [-0.3, -0.25) is 0 Å². The number of hydrogen-bond donors (Lipinski definition) is 0. The Hall–Kier alpha value is -0.790. The number of ether oxygens (including phenoxy) is 1. The number of carbonyl (C=O) groups is 1. The van der Waals surface area contributed by atoms with Crippen LogP contribution in [0.5, 0.6) is 0 Å². The zero-order valence-corrected chi connectivity index (χ0v) is 8.93. The van der Waals surface area contributed by atoms with E-state index in [4.69, 9.17) is 4.74 Å². The zero-order valence-electron chi connectivity index (χ0n) is 8.93. The molecule has 0 saturated carbocycles. The molecule has 0 N–H and O–H groups in total. The van der Waals surface area contributed by atoms with Crippen molar-refractivity contribution in [3.63, 3.8) is 0 Å². The Morgan fingerprint density at radius 2 is 2.15 bits per heavy atom. The fourth-order valence-electron chi connectivity index (χ4n) is 1.14. The van der Waals surface area contributed by atoms with Gasteiger partial charge in [-0.1, -0.05) is 26.8 Å². The van der Waals surface area contributed by atoms with E-state index >= 15 is 0 Å². The van der Waals surface area contributed by atoms with Crippen LogP contribution in [0, 0.1) is 0 Å². The third-order valence-electron chi connectivity index (χ3n) is 2.32. The van der Waals surface area contributed by atoms with E-state index < -0.39 is 0 Å². The molecule has 2 nitrogen and oxygen atoms in total. The minimum Gasteiger partial charge on any atom is -0.456 e. The molecule has 0 bridgehead atoms. The summed E-state index contributed by atoms with van der Waals surface area (Å²) < 4.78 is 5.28. The molecule has 0 saturated heterocycles. The van der Waals surface area contributed by atoms with Crippen LogP contribution in [-0.2, 0) is 9.53 Å². The van der Waals surface area contributed by atoms with Crippen LogP contribution in [-0.4, -0.2) is 11.6 Å². The van der Waals surface area contributed by atoms with Gasteiger partial charge in [0.25, 0.3) is 0 Å². The molecule has 0 aromatic heterocycles. The molecule has 76 valence electrons. The largest absolute Gasteiger partial charge is 0.456 e. The van der Waals surface area contributed by atoms with E-state index in [-0.39, 0.29) is 11.6 Å². The summed E-state index contributed by atoms with van der Waals surface area (Å²) >= 11 is 0. The molecule has 2 heteroatoms. The lowest BCUT2D eigenvalue weighted by Gasteiger charge is -2.27. The highest BCUT2D eigenvalue weighted by atomic mass is 16.6. The second-order valence-corrected chi connectivity index (χ2v) is 3.53. The Bertz CT molecular complexity index is 175. The van der Waals surface area contributed by atoms with Crippen molar-refractivity contribution in [2.75, 3.05) is 0 Å². The summed E-state index contributed by atoms with van der Waals surface area (Å²) in [6.45, 7) is 9.53. The molecule has 0 fully saturated rings. The molecule has 1 atom stereocenters. The van der Waals surface area contributed by atoms with Gasteiger partial charge in [0, 0.05) is 6.08 Å². The van der Waals surface area contributed by atoms with Gasteiger partial charge < -0.3 is 4.74 Å². The first-order chi connectivity index (χ1) is 6.08. The van der Waals surface area contributed by atoms with E-state index in [0.717, 1.165) is 25.7 Å². The first-order valence-electron chi connectivity index (χ1n) is 4.93. The van der Waals surface area contributed by atoms with E-state index in [1.54, 1.807) is 0 Å². The maximum Gasteiger partial charge on any atom is 0.330 e. The van der Waals surface area contributed by atoms with E-state index in [2.05, 4.69) is 13.5 Å². The van der Waals surface area contributed by atoms with E-state index in [0.29, 0.717) is 0 Å². The van der Waals surface area contributed by atoms with Crippen LogP contribution >= 0.6 is 0 Å². The normalized spacial score (nSPS) is 14.7. The zero-order chi connectivity index (χ0) is 10.3. The molecule has 0 heterocycles. The predicted molar refractivity (Wildman–Crippen MR) is 54.5 cm³/mol. The summed E-state index contributed by atoms with van der Waals surface area (Å²) in [6, 6.07) is 0. The summed E-state index contributed by atoms with van der Waals surface area (Å²) in [5.74, 6) is -0.319. The average Bonchev–Trinajstić information content (AvgIpc) is 2.14. The fourth-order valence-corrected chi connectivity index (χ4v) is 1.14. The third-order valence-corrected chi connectivity index (χ3v) is 2.32. The van der Waals surface area contributed by atoms with E-state index in [1.165, 1.54) is 6.08 Å². The van der Waals surface area contributed by atoms with Crippen LogP contribution in [0.15, 0.2) is 12.7 Å². The van der Waals surface area contributed by atoms with Crippen molar-refractivity contribution >= 4 is 5.97 Å². The number of carbonyl (C=O) groups excluding carboxylic acids is 1. The topological polar surface area (TPSA) is 26.3 Å². The second-order valence-electron chi connectivity index (χ2n) is 3.53. The SMILES string of the molecule is C=CC(=O)OC(C)(CC)CCCC. The quantitative estimate of drug-likeness (QED) is 0.468. The minimum atomic E-state index is -0.319. The van der Waals surface area contributed by atoms with Crippen molar-refractivity contribution in [2.45, 2.75) is 52.1 Å². The van der Waals surface area contributed by atoms with Gasteiger partial charge in [0.1, 0.15) is 5.60 Å². The van der Waals surface area contributed by atoms with Crippen molar-refractivity contribution in [1.29, 1.82) is 0 Å². The van der Waals surface area contributed by atoms with Crippen LogP contribution in [0.3, 0.4) is 0 Å². The van der Waals surface area contributed by atoms with Gasteiger partial charge in [-0.15, -0.1) is 0 Å². The number of unbranched alkanes of at least 4 members (excludes halogenated alkanes) is 1. The van der Waals surface area contributed by atoms with Gasteiger partial charge in [-0.2, -0.15) is 0 Å². The molecule has 0 aliphatic rings. The smallest absolute Gasteiger partial charge is 0.330 e. The highest BCUT2D eigenvalue weighted by Crippen LogP contribution is 2.22. The highest BCUT2D eigenvalue weighted by Gasteiger charge is 2.24. The van der Waals surface area contributed by atoms with Crippen molar-refractivity contribution in [3.05, 3.63) is 12.7 Å². The Kier molecular flexibility index (Phi) is 5.44. The Balaban J connectivity index is 4.09. The summed E-state index contributed by atoms with van der Waals surface area (Å²) in [5, 5.41) is 0. The Morgan fingerprint density at radius 3 is 2.54 bits per heavy atom. The van der Waals surface area contributed by atoms with Gasteiger partial charge >= 0.3 is 5.97 Å². The molecule has 0 aliphatic heterocycles. The lowest BCUT2D eigenvalue weighted by molar-refractivity contribution is -0.152. The molecule has 0 aromatic carbocycles. The summed E-state index contributed by atoms with van der Waals surface area (Å²) in [4.78, 5) is 11.0. The van der Waals surface area contributed by atoms with Gasteiger partial charge in [0.15, 0.2) is 0 Å². The fraction of sp³-hybridized carbons (Fsp3) is 0.727. The standard InChI is InChI=1S/C11H20O2/c1-5-8-9-11(4,7-3)13-10(12)6-2/h6H,2,5,7-9H2,1,3-4H3. The number of esters is 1. The van der Waals surface area contributed by atoms with Crippen LogP contribution in [0.1, 0.15) is 46.5 Å². The molecule has 1 unspecified atom stereocenters. The van der Waals surface area contributed by atoms with Gasteiger partial charge in [-0.25, -0.2) is 4.79 Å². The first kappa shape index (κ1) is 12.2. The van der Waals surface area contributed by atoms with E-state index in [9.17, 15) is 4.79 Å². The molecule has 13 heavy (non-hydrogen) atoms. The van der Waals surface area contributed by atoms with Crippen LogP contribution in [0.2, 0.25) is 0 Å². The lowest BCUT2D eigenvalue weighted by Crippen LogP contribution is -2.30. The van der Waals surface area contributed by atoms with E-state index in [1.807, 2.05) is 13.8 Å². The molecular weight excluding hydrogens is 164 g/mol. The average molecular weight is 184 g/mol.